The van der Waals surface area contributed by atoms with Crippen molar-refractivity contribution in [2.24, 2.45) is 0 Å². The first-order chi connectivity index (χ1) is 11.6. The van der Waals surface area contributed by atoms with Gasteiger partial charge < -0.3 is 15.0 Å². The lowest BCUT2D eigenvalue weighted by atomic mass is 10.0. The predicted molar refractivity (Wildman–Crippen MR) is 95.4 cm³/mol. The molecule has 2 atom stereocenters. The molecule has 0 aliphatic heterocycles. The summed E-state index contributed by atoms with van der Waals surface area (Å²) < 4.78 is 5.43. The van der Waals surface area contributed by atoms with Gasteiger partial charge in [0.15, 0.2) is 0 Å². The number of hydrogen-bond donors (Lipinski definition) is 2. The normalized spacial score (nSPS) is 13.6. The van der Waals surface area contributed by atoms with E-state index in [-0.39, 0.29) is 17.9 Å². The van der Waals surface area contributed by atoms with Crippen LogP contribution in [-0.2, 0) is 0 Å². The molecule has 0 aliphatic carbocycles. The maximum absolute atomic E-state index is 12.9. The van der Waals surface area contributed by atoms with Crippen molar-refractivity contribution < 1.29 is 14.8 Å². The molecule has 3 N–H and O–H groups in total. The summed E-state index contributed by atoms with van der Waals surface area (Å²) in [5.41, 5.74) is 2.84. The molecule has 0 radical (unpaired) electrons. The van der Waals surface area contributed by atoms with Crippen LogP contribution in [0.4, 0.5) is 0 Å². The van der Waals surface area contributed by atoms with E-state index in [9.17, 15) is 4.79 Å². The molecule has 24 heavy (non-hydrogen) atoms. The fourth-order valence-corrected chi connectivity index (χ4v) is 3.19. The van der Waals surface area contributed by atoms with Crippen LogP contribution in [0.5, 0.6) is 5.75 Å². The molecule has 0 saturated carbocycles. The fourth-order valence-electron chi connectivity index (χ4n) is 3.19. The van der Waals surface area contributed by atoms with Crippen LogP contribution < -0.4 is 10.1 Å². The van der Waals surface area contributed by atoms with E-state index in [0.717, 1.165) is 27.8 Å². The highest BCUT2D eigenvalue weighted by atomic mass is 16.5. The minimum atomic E-state index is -0.177. The third kappa shape index (κ3) is 3.05. The van der Waals surface area contributed by atoms with Crippen LogP contribution in [0.1, 0.15) is 35.8 Å². The maximum atomic E-state index is 12.9. The molecule has 0 unspecified atom stereocenters. The van der Waals surface area contributed by atoms with Gasteiger partial charge in [-0.25, -0.2) is 0 Å². The van der Waals surface area contributed by atoms with Crippen LogP contribution in [0.15, 0.2) is 54.7 Å². The van der Waals surface area contributed by atoms with Gasteiger partial charge in [-0.15, -0.1) is 0 Å². The average molecular weight is 323 g/mol. The lowest BCUT2D eigenvalue weighted by Crippen LogP contribution is -2.91. The van der Waals surface area contributed by atoms with Gasteiger partial charge in [0, 0.05) is 22.7 Å². The smallest absolute Gasteiger partial charge is 0.221 e. The zero-order valence-electron chi connectivity index (χ0n) is 14.2. The van der Waals surface area contributed by atoms with E-state index in [1.54, 1.807) is 7.11 Å². The second kappa shape index (κ2) is 6.89. The van der Waals surface area contributed by atoms with E-state index < -0.39 is 0 Å². The minimum Gasteiger partial charge on any atom is -0.496 e. The van der Waals surface area contributed by atoms with Crippen LogP contribution in [-0.4, -0.2) is 23.9 Å². The number of quaternary nitrogens is 1. The van der Waals surface area contributed by atoms with Crippen molar-refractivity contribution in [3.05, 3.63) is 65.9 Å². The van der Waals surface area contributed by atoms with Crippen LogP contribution in [0, 0.1) is 0 Å². The molecular weight excluding hydrogens is 300 g/mol. The maximum Gasteiger partial charge on any atom is 0.221 e. The summed E-state index contributed by atoms with van der Waals surface area (Å²) >= 11 is 0. The second-order valence-electron chi connectivity index (χ2n) is 6.12. The third-order valence-electron chi connectivity index (χ3n) is 4.48. The number of rotatable bonds is 6. The number of carbonyl (C=O) groups is 1. The summed E-state index contributed by atoms with van der Waals surface area (Å²) in [6.45, 7) is 4.05. The number of Topliss-reactive ketones (excluding diaryl/α,β-unsaturated/α-hetero) is 1. The Hall–Kier alpha value is -2.59. The van der Waals surface area contributed by atoms with Crippen molar-refractivity contribution in [1.29, 1.82) is 0 Å². The molecule has 3 aromatic rings. The number of fused-ring (bicyclic) bond motifs is 1. The number of carbonyl (C=O) groups excluding carboxylic acids is 1. The highest BCUT2D eigenvalue weighted by Crippen LogP contribution is 2.23. The van der Waals surface area contributed by atoms with Gasteiger partial charge in [-0.2, -0.15) is 0 Å². The number of aromatic amines is 1. The zero-order chi connectivity index (χ0) is 17.1. The molecular formula is C20H23N2O2+. The molecule has 124 valence electrons. The van der Waals surface area contributed by atoms with E-state index in [2.05, 4.69) is 17.2 Å². The molecule has 4 heteroatoms. The first-order valence-corrected chi connectivity index (χ1v) is 8.20. The Kier molecular flexibility index (Phi) is 4.67. The van der Waals surface area contributed by atoms with Crippen molar-refractivity contribution >= 4 is 16.7 Å². The summed E-state index contributed by atoms with van der Waals surface area (Å²) in [7, 11) is 1.67. The number of aromatic nitrogens is 1. The van der Waals surface area contributed by atoms with E-state index in [0.29, 0.717) is 0 Å². The Morgan fingerprint density at radius 3 is 2.58 bits per heavy atom. The Balaban J connectivity index is 1.79. The Labute approximate surface area is 141 Å². The highest BCUT2D eigenvalue weighted by Gasteiger charge is 2.25. The lowest BCUT2D eigenvalue weighted by molar-refractivity contribution is -0.709. The minimum absolute atomic E-state index is 0.130. The molecule has 0 bridgehead atoms. The molecule has 0 saturated heterocycles. The number of nitrogens with two attached hydrogens (primary N) is 1. The lowest BCUT2D eigenvalue weighted by Gasteiger charge is -2.18. The molecule has 3 rings (SSSR count). The number of methoxy groups -OCH3 is 1. The molecule has 0 spiro atoms. The van der Waals surface area contributed by atoms with E-state index >= 15 is 0 Å². The summed E-state index contributed by atoms with van der Waals surface area (Å²) in [4.78, 5) is 16.0. The van der Waals surface area contributed by atoms with Crippen LogP contribution in [0.3, 0.4) is 0 Å². The van der Waals surface area contributed by atoms with Crippen molar-refractivity contribution in [2.75, 3.05) is 7.11 Å². The van der Waals surface area contributed by atoms with Crippen molar-refractivity contribution in [3.63, 3.8) is 0 Å². The Morgan fingerprint density at radius 1 is 1.08 bits per heavy atom. The van der Waals surface area contributed by atoms with Crippen molar-refractivity contribution in [2.45, 2.75) is 25.9 Å². The Morgan fingerprint density at radius 2 is 1.79 bits per heavy atom. The van der Waals surface area contributed by atoms with E-state index in [4.69, 9.17) is 4.74 Å². The first-order valence-electron chi connectivity index (χ1n) is 8.20. The average Bonchev–Trinajstić information content (AvgIpc) is 3.04. The number of nitrogens with one attached hydrogen (secondary N) is 1. The molecule has 4 nitrogen and oxygen atoms in total. The number of para-hydroxylation sites is 2. The molecule has 2 aromatic carbocycles. The van der Waals surface area contributed by atoms with Gasteiger partial charge in [-0.1, -0.05) is 30.3 Å². The van der Waals surface area contributed by atoms with Gasteiger partial charge >= 0.3 is 0 Å². The Bertz CT molecular complexity index is 853. The summed E-state index contributed by atoms with van der Waals surface area (Å²) in [5, 5.41) is 3.06. The highest BCUT2D eigenvalue weighted by molar-refractivity contribution is 6.09. The number of ether oxygens (including phenoxy) is 1. The SMILES string of the molecule is COc1ccccc1[C@@H](C)[NH2+][C@H](C)C(=O)c1c[nH]c2ccccc12. The zero-order valence-corrected chi connectivity index (χ0v) is 14.2. The third-order valence-corrected chi connectivity index (χ3v) is 4.48. The monoisotopic (exact) mass is 323 g/mol. The number of ketones is 1. The molecule has 1 aromatic heterocycles. The van der Waals surface area contributed by atoms with E-state index in [1.165, 1.54) is 0 Å². The van der Waals surface area contributed by atoms with Gasteiger partial charge in [0.1, 0.15) is 17.8 Å². The topological polar surface area (TPSA) is 58.7 Å². The van der Waals surface area contributed by atoms with Gasteiger partial charge in [-0.3, -0.25) is 4.79 Å². The molecule has 1 heterocycles. The predicted octanol–water partition coefficient (Wildman–Crippen LogP) is 3.07. The van der Waals surface area contributed by atoms with Crippen LogP contribution >= 0.6 is 0 Å². The molecule has 0 aliphatic rings. The molecule has 0 fully saturated rings. The standard InChI is InChI=1S/C20H22N2O2/c1-13(15-8-5-7-11-19(15)24-3)22-14(2)20(23)17-12-21-18-10-6-4-9-16(17)18/h4-14,21-22H,1-3H3/p+1/t13-,14-/m1/s1. The largest absolute Gasteiger partial charge is 0.496 e. The summed E-state index contributed by atoms with van der Waals surface area (Å²) in [5.74, 6) is 0.988. The van der Waals surface area contributed by atoms with Crippen molar-refractivity contribution in [1.82, 2.24) is 4.98 Å². The van der Waals surface area contributed by atoms with Gasteiger partial charge in [0.2, 0.25) is 5.78 Å². The quantitative estimate of drug-likeness (QED) is 0.685. The van der Waals surface area contributed by atoms with Gasteiger partial charge in [-0.05, 0) is 32.0 Å². The van der Waals surface area contributed by atoms with Crippen LogP contribution in [0.2, 0.25) is 0 Å². The van der Waals surface area contributed by atoms with Gasteiger partial charge in [0.05, 0.1) is 12.7 Å². The number of hydrogen-bond acceptors (Lipinski definition) is 2. The second-order valence-corrected chi connectivity index (χ2v) is 6.12. The number of H-pyrrole nitrogens is 1. The van der Waals surface area contributed by atoms with Gasteiger partial charge in [0.25, 0.3) is 0 Å². The fraction of sp³-hybridized carbons (Fsp3) is 0.250. The van der Waals surface area contributed by atoms with Crippen molar-refractivity contribution in [3.8, 4) is 5.75 Å². The number of benzene rings is 2. The summed E-state index contributed by atoms with van der Waals surface area (Å²) in [6, 6.07) is 15.8. The van der Waals surface area contributed by atoms with E-state index in [1.807, 2.05) is 61.7 Å². The summed E-state index contributed by atoms with van der Waals surface area (Å²) in [6.07, 6.45) is 1.81. The molecule has 0 amide bonds. The van der Waals surface area contributed by atoms with Crippen LogP contribution in [0.25, 0.3) is 10.9 Å². The first kappa shape index (κ1) is 16.3.